The molecular weight excluding hydrogens is 320 g/mol. The van der Waals surface area contributed by atoms with Crippen LogP contribution in [0.3, 0.4) is 0 Å². The lowest BCUT2D eigenvalue weighted by molar-refractivity contribution is -0.157. The van der Waals surface area contributed by atoms with Crippen LogP contribution in [0.2, 0.25) is 0 Å². The summed E-state index contributed by atoms with van der Waals surface area (Å²) in [7, 11) is 0. The van der Waals surface area contributed by atoms with Crippen molar-refractivity contribution < 1.29 is 9.53 Å². The van der Waals surface area contributed by atoms with Crippen LogP contribution < -0.4 is 0 Å². The first kappa shape index (κ1) is 17.2. The van der Waals surface area contributed by atoms with Crippen molar-refractivity contribution in [2.24, 2.45) is 35.0 Å². The lowest BCUT2D eigenvalue weighted by atomic mass is 9.47. The highest BCUT2D eigenvalue weighted by molar-refractivity contribution is 5.91. The zero-order valence-electron chi connectivity index (χ0n) is 16.6. The molecule has 0 aromatic heterocycles. The molecule has 1 saturated heterocycles. The normalized spacial score (nSPS) is 50.8. The molecular formula is C24H34O2. The topological polar surface area (TPSA) is 26.3 Å². The van der Waals surface area contributed by atoms with Crippen LogP contribution in [-0.2, 0) is 9.53 Å². The van der Waals surface area contributed by atoms with Crippen LogP contribution in [0.4, 0.5) is 0 Å². The third kappa shape index (κ3) is 2.11. The Kier molecular flexibility index (Phi) is 3.84. The van der Waals surface area contributed by atoms with Crippen molar-refractivity contribution >= 4 is 5.78 Å². The number of allylic oxidation sites excluding steroid dienone is 1. The van der Waals surface area contributed by atoms with Crippen molar-refractivity contribution in [2.75, 3.05) is 6.61 Å². The van der Waals surface area contributed by atoms with Gasteiger partial charge in [-0.3, -0.25) is 4.79 Å². The molecule has 1 spiro atoms. The van der Waals surface area contributed by atoms with Crippen molar-refractivity contribution in [3.63, 3.8) is 0 Å². The van der Waals surface area contributed by atoms with E-state index in [-0.39, 0.29) is 11.0 Å². The van der Waals surface area contributed by atoms with Gasteiger partial charge in [-0.2, -0.15) is 0 Å². The van der Waals surface area contributed by atoms with Gasteiger partial charge in [0.05, 0.1) is 5.60 Å². The van der Waals surface area contributed by atoms with Crippen LogP contribution in [-0.4, -0.2) is 18.0 Å². The highest BCUT2D eigenvalue weighted by Crippen LogP contribution is 2.69. The second-order valence-corrected chi connectivity index (χ2v) is 10.2. The van der Waals surface area contributed by atoms with Gasteiger partial charge in [-0.15, -0.1) is 0 Å². The highest BCUT2D eigenvalue weighted by Gasteiger charge is 2.66. The lowest BCUT2D eigenvalue weighted by Crippen LogP contribution is -2.57. The molecule has 4 fully saturated rings. The van der Waals surface area contributed by atoms with Crippen LogP contribution in [0.5, 0.6) is 0 Å². The Morgan fingerprint density at radius 3 is 2.85 bits per heavy atom. The van der Waals surface area contributed by atoms with Crippen LogP contribution in [0.25, 0.3) is 0 Å². The summed E-state index contributed by atoms with van der Waals surface area (Å²) in [4.78, 5) is 11.9. The summed E-state index contributed by atoms with van der Waals surface area (Å²) in [5, 5.41) is 0. The number of fused-ring (bicyclic) bond motifs is 6. The number of ether oxygens (including phenoxy) is 1. The summed E-state index contributed by atoms with van der Waals surface area (Å²) in [5.74, 6) is 4.15. The maximum absolute atomic E-state index is 11.9. The van der Waals surface area contributed by atoms with E-state index in [2.05, 4.69) is 20.4 Å². The monoisotopic (exact) mass is 354 g/mol. The third-order valence-corrected chi connectivity index (χ3v) is 9.26. The first-order valence-electron chi connectivity index (χ1n) is 11.0. The molecule has 7 atom stereocenters. The Morgan fingerprint density at radius 1 is 1.19 bits per heavy atom. The van der Waals surface area contributed by atoms with Crippen molar-refractivity contribution in [1.29, 1.82) is 0 Å². The smallest absolute Gasteiger partial charge is 0.155 e. The Bertz CT molecular complexity index is 676. The number of carbonyl (C=O) groups is 1. The minimum atomic E-state index is -0.0478. The van der Waals surface area contributed by atoms with Gasteiger partial charge in [0, 0.05) is 18.4 Å². The van der Waals surface area contributed by atoms with E-state index in [1.54, 1.807) is 0 Å². The summed E-state index contributed by atoms with van der Waals surface area (Å²) in [5.41, 5.74) is 3.09. The predicted molar refractivity (Wildman–Crippen MR) is 104 cm³/mol. The predicted octanol–water partition coefficient (Wildman–Crippen LogP) is 5.48. The minimum absolute atomic E-state index is 0.0478. The number of carbonyl (C=O) groups excluding carboxylic acids is 1. The fourth-order valence-electron chi connectivity index (χ4n) is 8.40. The molecule has 0 aromatic carbocycles. The Morgan fingerprint density at radius 2 is 2.04 bits per heavy atom. The molecule has 26 heavy (non-hydrogen) atoms. The maximum atomic E-state index is 11.9. The number of rotatable bonds is 0. The van der Waals surface area contributed by atoms with Gasteiger partial charge in [-0.25, -0.2) is 0 Å². The van der Waals surface area contributed by atoms with Gasteiger partial charge in [0.25, 0.3) is 0 Å². The zero-order chi connectivity index (χ0) is 18.1. The molecule has 0 aromatic rings. The minimum Gasteiger partial charge on any atom is -0.370 e. The largest absolute Gasteiger partial charge is 0.370 e. The van der Waals surface area contributed by atoms with Gasteiger partial charge >= 0.3 is 0 Å². The van der Waals surface area contributed by atoms with Crippen LogP contribution in [0, 0.1) is 35.0 Å². The van der Waals surface area contributed by atoms with Gasteiger partial charge in [0.2, 0.25) is 0 Å². The molecule has 142 valence electrons. The molecule has 3 saturated carbocycles. The molecule has 2 nitrogen and oxygen atoms in total. The van der Waals surface area contributed by atoms with E-state index < -0.39 is 0 Å². The number of hydrogen-bond donors (Lipinski definition) is 0. The van der Waals surface area contributed by atoms with Crippen LogP contribution in [0.15, 0.2) is 23.8 Å². The van der Waals surface area contributed by atoms with E-state index in [1.807, 2.05) is 6.08 Å². The molecule has 5 aliphatic rings. The standard InChI is InChI=1S/C24H34O2/c1-15-14-23(3)21(10-11-24(23)16(2)5-4-12-26-24)20-8-6-17-13-18(25)7-9-19(17)22(15)20/h13,15,19-22H,2,4-12,14H2,1,3H3/t15-,19-,20-,21-,22+,23-,24-/m0/s1. The second-order valence-electron chi connectivity index (χ2n) is 10.2. The molecule has 1 aliphatic heterocycles. The van der Waals surface area contributed by atoms with E-state index in [0.29, 0.717) is 11.7 Å². The summed E-state index contributed by atoms with van der Waals surface area (Å²) >= 11 is 0. The first-order valence-corrected chi connectivity index (χ1v) is 11.0. The quantitative estimate of drug-likeness (QED) is 0.538. The molecule has 5 rings (SSSR count). The summed E-state index contributed by atoms with van der Waals surface area (Å²) in [6, 6.07) is 0. The molecule has 0 N–H and O–H groups in total. The highest BCUT2D eigenvalue weighted by atomic mass is 16.5. The van der Waals surface area contributed by atoms with Crippen molar-refractivity contribution in [1.82, 2.24) is 0 Å². The van der Waals surface area contributed by atoms with E-state index in [0.717, 1.165) is 62.4 Å². The molecule has 0 unspecified atom stereocenters. The fourth-order valence-corrected chi connectivity index (χ4v) is 8.40. The lowest BCUT2D eigenvalue weighted by Gasteiger charge is -2.60. The third-order valence-electron chi connectivity index (χ3n) is 9.26. The van der Waals surface area contributed by atoms with Gasteiger partial charge in [0.15, 0.2) is 5.78 Å². The number of hydrogen-bond acceptors (Lipinski definition) is 2. The van der Waals surface area contributed by atoms with E-state index in [9.17, 15) is 4.79 Å². The van der Waals surface area contributed by atoms with Crippen molar-refractivity contribution in [2.45, 2.75) is 77.2 Å². The first-order chi connectivity index (χ1) is 12.5. The average molecular weight is 355 g/mol. The molecule has 4 aliphatic carbocycles. The van der Waals surface area contributed by atoms with E-state index in [4.69, 9.17) is 4.74 Å². The molecule has 0 bridgehead atoms. The van der Waals surface area contributed by atoms with Gasteiger partial charge in [0.1, 0.15) is 0 Å². The fraction of sp³-hybridized carbons (Fsp3) is 0.792. The van der Waals surface area contributed by atoms with E-state index >= 15 is 0 Å². The molecule has 1 heterocycles. The molecule has 2 heteroatoms. The van der Waals surface area contributed by atoms with Gasteiger partial charge in [-0.1, -0.05) is 26.0 Å². The Labute approximate surface area is 158 Å². The van der Waals surface area contributed by atoms with Gasteiger partial charge < -0.3 is 4.74 Å². The van der Waals surface area contributed by atoms with Crippen LogP contribution in [0.1, 0.15) is 71.6 Å². The van der Waals surface area contributed by atoms with Gasteiger partial charge in [-0.05, 0) is 92.6 Å². The van der Waals surface area contributed by atoms with E-state index in [1.165, 1.54) is 36.8 Å². The van der Waals surface area contributed by atoms with Crippen molar-refractivity contribution in [3.05, 3.63) is 23.8 Å². The molecule has 0 amide bonds. The summed E-state index contributed by atoms with van der Waals surface area (Å²) in [6.07, 6.45) is 12.4. The second kappa shape index (κ2) is 5.80. The Hall–Kier alpha value is -0.890. The summed E-state index contributed by atoms with van der Waals surface area (Å²) in [6.45, 7) is 10.5. The zero-order valence-corrected chi connectivity index (χ0v) is 16.6. The van der Waals surface area contributed by atoms with Crippen LogP contribution >= 0.6 is 0 Å². The maximum Gasteiger partial charge on any atom is 0.155 e. The Balaban J connectivity index is 1.51. The number of ketones is 1. The SMILES string of the molecule is C=C1CCCO[C@@]12CC[C@H]1[C@@H]3CCC4=CC(=O)CC[C@@H]4[C@H]3[C@@H](C)C[C@@]12C. The summed E-state index contributed by atoms with van der Waals surface area (Å²) < 4.78 is 6.60. The average Bonchev–Trinajstić information content (AvgIpc) is 2.90. The molecule has 0 radical (unpaired) electrons. The van der Waals surface area contributed by atoms with Crippen molar-refractivity contribution in [3.8, 4) is 0 Å².